The Morgan fingerprint density at radius 2 is 1.71 bits per heavy atom. The molecule has 0 aromatic heterocycles. The Hall–Kier alpha value is -2.09. The van der Waals surface area contributed by atoms with E-state index in [4.69, 9.17) is 4.74 Å². The van der Waals surface area contributed by atoms with Crippen molar-refractivity contribution in [3.8, 4) is 11.5 Å². The van der Waals surface area contributed by atoms with E-state index in [2.05, 4.69) is 15.9 Å². The van der Waals surface area contributed by atoms with Crippen LogP contribution in [0.4, 0.5) is 18.9 Å². The fourth-order valence-electron chi connectivity index (χ4n) is 1.63. The summed E-state index contributed by atoms with van der Waals surface area (Å²) >= 11 is 3.04. The van der Waals surface area contributed by atoms with E-state index in [1.807, 2.05) is 0 Å². The Labute approximate surface area is 125 Å². The molecule has 0 spiro atoms. The van der Waals surface area contributed by atoms with Crippen molar-refractivity contribution >= 4 is 21.6 Å². The zero-order valence-corrected chi connectivity index (χ0v) is 11.9. The van der Waals surface area contributed by atoms with Gasteiger partial charge in [0.2, 0.25) is 5.75 Å². The number of rotatable bonds is 4. The Bertz CT molecular complexity index is 686. The first-order chi connectivity index (χ1) is 9.93. The van der Waals surface area contributed by atoms with Gasteiger partial charge >= 0.3 is 5.69 Å². The maximum Gasteiger partial charge on any atom is 0.314 e. The molecule has 0 heterocycles. The first kappa shape index (κ1) is 15.3. The lowest BCUT2D eigenvalue weighted by molar-refractivity contribution is -0.385. The molecule has 0 unspecified atom stereocenters. The summed E-state index contributed by atoms with van der Waals surface area (Å²) in [5.74, 6) is -4.99. The van der Waals surface area contributed by atoms with Gasteiger partial charge in [-0.25, -0.2) is 13.2 Å². The third-order valence-electron chi connectivity index (χ3n) is 2.56. The SMILES string of the molecule is O=[N+]([O-])c1cccc(F)c1Oc1c(F)cc(CBr)cc1F. The van der Waals surface area contributed by atoms with Crippen molar-refractivity contribution in [3.05, 3.63) is 63.5 Å². The zero-order valence-electron chi connectivity index (χ0n) is 10.3. The third kappa shape index (κ3) is 3.15. The molecule has 0 amide bonds. The molecule has 8 heteroatoms. The summed E-state index contributed by atoms with van der Waals surface area (Å²) < 4.78 is 45.9. The number of nitro groups is 1. The minimum absolute atomic E-state index is 0.209. The predicted molar refractivity (Wildman–Crippen MR) is 72.1 cm³/mol. The van der Waals surface area contributed by atoms with Crippen LogP contribution in [0.15, 0.2) is 30.3 Å². The third-order valence-corrected chi connectivity index (χ3v) is 3.21. The van der Waals surface area contributed by atoms with Gasteiger partial charge in [-0.05, 0) is 23.8 Å². The molecule has 0 aliphatic carbocycles. The predicted octanol–water partition coefficient (Wildman–Crippen LogP) is 4.70. The minimum Gasteiger partial charge on any atom is -0.441 e. The van der Waals surface area contributed by atoms with Crippen LogP contribution in [0.1, 0.15) is 5.56 Å². The Morgan fingerprint density at radius 1 is 1.10 bits per heavy atom. The lowest BCUT2D eigenvalue weighted by atomic mass is 10.2. The molecule has 0 radical (unpaired) electrons. The second-order valence-electron chi connectivity index (χ2n) is 3.97. The van der Waals surface area contributed by atoms with Gasteiger partial charge in [-0.2, -0.15) is 0 Å². The molecule has 0 fully saturated rings. The van der Waals surface area contributed by atoms with Gasteiger partial charge in [0.15, 0.2) is 23.2 Å². The van der Waals surface area contributed by atoms with Crippen LogP contribution in [0.25, 0.3) is 0 Å². The van der Waals surface area contributed by atoms with Crippen molar-refractivity contribution in [2.75, 3.05) is 0 Å². The molecule has 2 rings (SSSR count). The number of hydrogen-bond donors (Lipinski definition) is 0. The van der Waals surface area contributed by atoms with Gasteiger partial charge in [0.05, 0.1) is 4.92 Å². The van der Waals surface area contributed by atoms with E-state index in [0.717, 1.165) is 30.3 Å². The van der Waals surface area contributed by atoms with E-state index < -0.39 is 39.6 Å². The summed E-state index contributed by atoms with van der Waals surface area (Å²) in [7, 11) is 0. The Morgan fingerprint density at radius 3 is 2.24 bits per heavy atom. The summed E-state index contributed by atoms with van der Waals surface area (Å²) in [6.45, 7) is 0. The van der Waals surface area contributed by atoms with Crippen LogP contribution in [0, 0.1) is 27.6 Å². The number of nitrogens with zero attached hydrogens (tertiary/aromatic N) is 1. The highest BCUT2D eigenvalue weighted by atomic mass is 79.9. The number of benzene rings is 2. The highest BCUT2D eigenvalue weighted by Gasteiger charge is 2.23. The maximum absolute atomic E-state index is 13.8. The van der Waals surface area contributed by atoms with Gasteiger partial charge in [-0.1, -0.05) is 22.0 Å². The summed E-state index contributed by atoms with van der Waals surface area (Å²) in [5, 5.41) is 11.0. The van der Waals surface area contributed by atoms with Crippen LogP contribution in [-0.2, 0) is 5.33 Å². The van der Waals surface area contributed by atoms with Crippen molar-refractivity contribution in [3.63, 3.8) is 0 Å². The molecule has 110 valence electrons. The molecule has 0 aliphatic rings. The zero-order chi connectivity index (χ0) is 15.6. The summed E-state index contributed by atoms with van der Waals surface area (Å²) in [5.41, 5.74) is -0.418. The van der Waals surface area contributed by atoms with Gasteiger partial charge in [0.25, 0.3) is 0 Å². The number of ether oxygens (including phenoxy) is 1. The first-order valence-corrected chi connectivity index (χ1v) is 6.70. The fourth-order valence-corrected chi connectivity index (χ4v) is 1.96. The number of alkyl halides is 1. The number of nitro benzene ring substituents is 1. The van der Waals surface area contributed by atoms with Crippen molar-refractivity contribution < 1.29 is 22.8 Å². The van der Waals surface area contributed by atoms with Crippen molar-refractivity contribution in [1.82, 2.24) is 0 Å². The lowest BCUT2D eigenvalue weighted by Crippen LogP contribution is -2.00. The second kappa shape index (κ2) is 6.13. The van der Waals surface area contributed by atoms with Crippen LogP contribution in [-0.4, -0.2) is 4.92 Å². The topological polar surface area (TPSA) is 52.4 Å². The van der Waals surface area contributed by atoms with Gasteiger partial charge in [0.1, 0.15) is 0 Å². The molecule has 0 N–H and O–H groups in total. The van der Waals surface area contributed by atoms with Crippen molar-refractivity contribution in [2.45, 2.75) is 5.33 Å². The summed E-state index contributed by atoms with van der Waals surface area (Å²) in [6.07, 6.45) is 0. The van der Waals surface area contributed by atoms with Crippen molar-refractivity contribution in [1.29, 1.82) is 0 Å². The summed E-state index contributed by atoms with van der Waals surface area (Å²) in [6, 6.07) is 4.94. The van der Waals surface area contributed by atoms with Crippen LogP contribution in [0.3, 0.4) is 0 Å². The molecular weight excluding hydrogens is 355 g/mol. The Balaban J connectivity index is 2.51. The average molecular weight is 362 g/mol. The number of hydrogen-bond acceptors (Lipinski definition) is 3. The lowest BCUT2D eigenvalue weighted by Gasteiger charge is -2.10. The van der Waals surface area contributed by atoms with Crippen molar-refractivity contribution in [2.24, 2.45) is 0 Å². The second-order valence-corrected chi connectivity index (χ2v) is 4.53. The quantitative estimate of drug-likeness (QED) is 0.450. The molecular formula is C13H7BrF3NO3. The Kier molecular flexibility index (Phi) is 4.46. The highest BCUT2D eigenvalue weighted by molar-refractivity contribution is 9.08. The van der Waals surface area contributed by atoms with Gasteiger partial charge < -0.3 is 4.74 Å². The fraction of sp³-hybridized carbons (Fsp3) is 0.0769. The molecule has 0 aliphatic heterocycles. The average Bonchev–Trinajstić information content (AvgIpc) is 2.43. The number of para-hydroxylation sites is 1. The van der Waals surface area contributed by atoms with E-state index >= 15 is 0 Å². The molecule has 4 nitrogen and oxygen atoms in total. The van der Waals surface area contributed by atoms with E-state index in [1.165, 1.54) is 0 Å². The smallest absolute Gasteiger partial charge is 0.314 e. The van der Waals surface area contributed by atoms with Gasteiger partial charge in [-0.3, -0.25) is 10.1 Å². The standard InChI is InChI=1S/C13H7BrF3NO3/c14-6-7-4-9(16)12(10(17)5-7)21-13-8(15)2-1-3-11(13)18(19)20/h1-5H,6H2. The van der Waals surface area contributed by atoms with Gasteiger partial charge in [-0.15, -0.1) is 0 Å². The molecule has 0 saturated carbocycles. The first-order valence-electron chi connectivity index (χ1n) is 5.58. The molecule has 0 bridgehead atoms. The van der Waals surface area contributed by atoms with Gasteiger partial charge in [0, 0.05) is 11.4 Å². The highest BCUT2D eigenvalue weighted by Crippen LogP contribution is 2.36. The summed E-state index contributed by atoms with van der Waals surface area (Å²) in [4.78, 5) is 9.90. The van der Waals surface area contributed by atoms with E-state index in [0.29, 0.717) is 5.56 Å². The van der Waals surface area contributed by atoms with Crippen LogP contribution in [0.5, 0.6) is 11.5 Å². The van der Waals surface area contributed by atoms with Crippen LogP contribution < -0.4 is 4.74 Å². The molecule has 2 aromatic carbocycles. The number of halogens is 4. The minimum atomic E-state index is -1.09. The van der Waals surface area contributed by atoms with E-state index in [-0.39, 0.29) is 5.33 Å². The molecule has 0 saturated heterocycles. The molecule has 0 atom stereocenters. The van der Waals surface area contributed by atoms with Crippen LogP contribution >= 0.6 is 15.9 Å². The van der Waals surface area contributed by atoms with E-state index in [1.54, 1.807) is 0 Å². The normalized spacial score (nSPS) is 10.5. The van der Waals surface area contributed by atoms with E-state index in [9.17, 15) is 23.3 Å². The maximum atomic E-state index is 13.8. The van der Waals surface area contributed by atoms with Crippen LogP contribution in [0.2, 0.25) is 0 Å². The molecule has 2 aromatic rings. The molecule has 21 heavy (non-hydrogen) atoms. The monoisotopic (exact) mass is 361 g/mol. The largest absolute Gasteiger partial charge is 0.441 e.